The Labute approximate surface area is 144 Å². The smallest absolute Gasteiger partial charge is 0.347 e. The summed E-state index contributed by atoms with van der Waals surface area (Å²) in [6.45, 7) is -1.37. The molecule has 1 aliphatic rings. The molecule has 0 radical (unpaired) electrons. The number of rotatable bonds is 6. The van der Waals surface area contributed by atoms with Gasteiger partial charge in [-0.2, -0.15) is 13.2 Å². The highest BCUT2D eigenvalue weighted by molar-refractivity contribution is 7.13. The summed E-state index contributed by atoms with van der Waals surface area (Å²) in [6.07, 6.45) is -0.629. The predicted molar refractivity (Wildman–Crippen MR) is 84.3 cm³/mol. The molecule has 0 bridgehead atoms. The summed E-state index contributed by atoms with van der Waals surface area (Å²) in [6, 6.07) is 0. The lowest BCUT2D eigenvalue weighted by molar-refractivity contribution is -0.138. The van der Waals surface area contributed by atoms with Gasteiger partial charge in [0.05, 0.1) is 11.6 Å². The average Bonchev–Trinajstić information content (AvgIpc) is 2.98. The van der Waals surface area contributed by atoms with Crippen molar-refractivity contribution in [3.63, 3.8) is 0 Å². The van der Waals surface area contributed by atoms with Crippen LogP contribution in [0.2, 0.25) is 0 Å². The van der Waals surface area contributed by atoms with Gasteiger partial charge in [-0.25, -0.2) is 9.98 Å². The summed E-state index contributed by atoms with van der Waals surface area (Å²) in [5.74, 6) is -2.27. The van der Waals surface area contributed by atoms with Crippen molar-refractivity contribution in [3.8, 4) is 0 Å². The Kier molecular flexibility index (Phi) is 6.02. The van der Waals surface area contributed by atoms with Crippen molar-refractivity contribution in [2.45, 2.75) is 19.0 Å². The van der Waals surface area contributed by atoms with E-state index in [-0.39, 0.29) is 18.0 Å². The van der Waals surface area contributed by atoms with Crippen LogP contribution < -0.4 is 10.6 Å². The number of nitrogens with zero attached hydrogens (tertiary/aromatic N) is 2. The van der Waals surface area contributed by atoms with Crippen LogP contribution in [0.25, 0.3) is 0 Å². The van der Waals surface area contributed by atoms with Gasteiger partial charge >= 0.3 is 6.18 Å². The van der Waals surface area contributed by atoms with Gasteiger partial charge in [-0.1, -0.05) is 6.08 Å². The predicted octanol–water partition coefficient (Wildman–Crippen LogP) is 1.48. The summed E-state index contributed by atoms with van der Waals surface area (Å²) >= 11 is 1.12. The highest BCUT2D eigenvalue weighted by atomic mass is 32.1. The standard InChI is InChI=1S/C14H13F3N4O3S/c15-14(16,17)7-19-11(23)4-2-9-6-25-13(20-9)21-12(24)8-1-3-10(22)18-5-8/h1,3,5-6,8H,2,4,7H2,(H,19,23)(H,20,21,24). The lowest BCUT2D eigenvalue weighted by Gasteiger charge is -2.08. The number of aromatic nitrogens is 1. The molecule has 2 N–H and O–H groups in total. The first kappa shape index (κ1) is 18.8. The zero-order valence-electron chi connectivity index (χ0n) is 12.7. The number of hydrogen-bond donors (Lipinski definition) is 2. The minimum atomic E-state index is -4.45. The van der Waals surface area contributed by atoms with Crippen LogP contribution in [-0.2, 0) is 20.8 Å². The molecule has 0 spiro atoms. The van der Waals surface area contributed by atoms with E-state index < -0.39 is 36.4 Å². The van der Waals surface area contributed by atoms with Crippen LogP contribution in [0.1, 0.15) is 12.1 Å². The second-order valence-corrected chi connectivity index (χ2v) is 5.88. The van der Waals surface area contributed by atoms with Gasteiger partial charge in [0.25, 0.3) is 5.91 Å². The van der Waals surface area contributed by atoms with Crippen LogP contribution in [0, 0.1) is 5.92 Å². The van der Waals surface area contributed by atoms with Crippen LogP contribution in [0.15, 0.2) is 22.5 Å². The number of carbonyl (C=O) groups is 3. The van der Waals surface area contributed by atoms with Gasteiger partial charge in [0.1, 0.15) is 6.54 Å². The van der Waals surface area contributed by atoms with Crippen LogP contribution in [0.5, 0.6) is 0 Å². The molecular weight excluding hydrogens is 361 g/mol. The molecule has 134 valence electrons. The van der Waals surface area contributed by atoms with E-state index >= 15 is 0 Å². The fourth-order valence-corrected chi connectivity index (χ4v) is 2.53. The zero-order chi connectivity index (χ0) is 18.4. The summed E-state index contributed by atoms with van der Waals surface area (Å²) in [4.78, 5) is 41.8. The first-order valence-electron chi connectivity index (χ1n) is 7.08. The van der Waals surface area contributed by atoms with Gasteiger partial charge in [-0.3, -0.25) is 14.4 Å². The van der Waals surface area contributed by atoms with Gasteiger partial charge in [0, 0.05) is 24.1 Å². The maximum Gasteiger partial charge on any atom is 0.405 e. The molecule has 1 aliphatic heterocycles. The van der Waals surface area contributed by atoms with Gasteiger partial charge in [-0.05, 0) is 6.42 Å². The molecule has 1 aromatic rings. The van der Waals surface area contributed by atoms with E-state index in [1.54, 1.807) is 10.7 Å². The molecular formula is C14H13F3N4O3S. The zero-order valence-corrected chi connectivity index (χ0v) is 13.5. The number of alkyl halides is 3. The summed E-state index contributed by atoms with van der Waals surface area (Å²) < 4.78 is 35.9. The van der Waals surface area contributed by atoms with E-state index in [2.05, 4.69) is 15.3 Å². The maximum absolute atomic E-state index is 12.0. The topological polar surface area (TPSA) is 101 Å². The number of thiazole rings is 1. The molecule has 11 heteroatoms. The molecule has 1 unspecified atom stereocenters. The van der Waals surface area contributed by atoms with Crippen molar-refractivity contribution < 1.29 is 27.6 Å². The van der Waals surface area contributed by atoms with Crippen molar-refractivity contribution >= 4 is 40.4 Å². The van der Waals surface area contributed by atoms with Crippen LogP contribution in [-0.4, -0.2) is 41.6 Å². The molecule has 2 heterocycles. The van der Waals surface area contributed by atoms with Gasteiger partial charge in [-0.15, -0.1) is 11.3 Å². The molecule has 3 amide bonds. The Hall–Kier alpha value is -2.56. The number of halogens is 3. The fourth-order valence-electron chi connectivity index (χ4n) is 1.78. The summed E-state index contributed by atoms with van der Waals surface area (Å²) in [7, 11) is 0. The van der Waals surface area contributed by atoms with Gasteiger partial charge < -0.3 is 10.6 Å². The molecule has 0 aliphatic carbocycles. The molecule has 1 atom stereocenters. The third-order valence-electron chi connectivity index (χ3n) is 2.99. The number of aliphatic imine (C=N–C) groups is 1. The second-order valence-electron chi connectivity index (χ2n) is 5.03. The number of nitrogens with one attached hydrogen (secondary N) is 2. The van der Waals surface area contributed by atoms with E-state index in [1.807, 2.05) is 0 Å². The number of carbonyl (C=O) groups excluding carboxylic acids is 3. The number of dihydropyridines is 1. The Balaban J connectivity index is 1.79. The molecule has 2 rings (SSSR count). The largest absolute Gasteiger partial charge is 0.405 e. The second kappa shape index (κ2) is 8.01. The van der Waals surface area contributed by atoms with Crippen molar-refractivity contribution in [3.05, 3.63) is 23.2 Å². The number of amides is 3. The lowest BCUT2D eigenvalue weighted by Crippen LogP contribution is -2.33. The van der Waals surface area contributed by atoms with E-state index in [9.17, 15) is 27.6 Å². The van der Waals surface area contributed by atoms with E-state index in [4.69, 9.17) is 0 Å². The Bertz CT molecular complexity index is 711. The molecule has 25 heavy (non-hydrogen) atoms. The monoisotopic (exact) mass is 374 g/mol. The lowest BCUT2D eigenvalue weighted by atomic mass is 10.1. The van der Waals surface area contributed by atoms with E-state index in [1.165, 1.54) is 18.4 Å². The third kappa shape index (κ3) is 6.45. The van der Waals surface area contributed by atoms with Crippen LogP contribution >= 0.6 is 11.3 Å². The molecule has 0 saturated heterocycles. The molecule has 1 aromatic heterocycles. The van der Waals surface area contributed by atoms with Crippen molar-refractivity contribution in [1.82, 2.24) is 10.3 Å². The highest BCUT2D eigenvalue weighted by Crippen LogP contribution is 2.18. The van der Waals surface area contributed by atoms with Crippen molar-refractivity contribution in [1.29, 1.82) is 0 Å². The Morgan fingerprint density at radius 1 is 1.32 bits per heavy atom. The quantitative estimate of drug-likeness (QED) is 0.788. The van der Waals surface area contributed by atoms with Gasteiger partial charge in [0.15, 0.2) is 5.13 Å². The summed E-state index contributed by atoms with van der Waals surface area (Å²) in [5, 5.41) is 6.20. The number of aryl methyl sites for hydroxylation is 1. The molecule has 7 nitrogen and oxygen atoms in total. The SMILES string of the molecule is O=C1C=CC(C(=O)Nc2nc(CCC(=O)NCC(F)(F)F)cs2)C=N1. The first-order chi connectivity index (χ1) is 11.7. The van der Waals surface area contributed by atoms with Crippen molar-refractivity contribution in [2.75, 3.05) is 11.9 Å². The maximum atomic E-state index is 12.0. The normalized spacial score (nSPS) is 16.8. The fraction of sp³-hybridized carbons (Fsp3) is 0.357. The number of hydrogen-bond acceptors (Lipinski definition) is 5. The van der Waals surface area contributed by atoms with E-state index in [0.717, 1.165) is 11.3 Å². The minimum Gasteiger partial charge on any atom is -0.347 e. The van der Waals surface area contributed by atoms with Crippen LogP contribution in [0.3, 0.4) is 0 Å². The molecule has 0 fully saturated rings. The third-order valence-corrected chi connectivity index (χ3v) is 3.79. The minimum absolute atomic E-state index is 0.146. The summed E-state index contributed by atoms with van der Waals surface area (Å²) in [5.41, 5.74) is 0.477. The Morgan fingerprint density at radius 3 is 2.72 bits per heavy atom. The molecule has 0 saturated carbocycles. The van der Waals surface area contributed by atoms with Gasteiger partial charge in [0.2, 0.25) is 11.8 Å². The highest BCUT2D eigenvalue weighted by Gasteiger charge is 2.27. The molecule has 0 aromatic carbocycles. The average molecular weight is 374 g/mol. The van der Waals surface area contributed by atoms with Crippen LogP contribution in [0.4, 0.5) is 18.3 Å². The first-order valence-corrected chi connectivity index (χ1v) is 7.96. The van der Waals surface area contributed by atoms with E-state index in [0.29, 0.717) is 5.69 Å². The number of anilines is 1. The Morgan fingerprint density at radius 2 is 2.08 bits per heavy atom. The van der Waals surface area contributed by atoms with Crippen molar-refractivity contribution in [2.24, 2.45) is 10.9 Å².